The molecule has 0 fully saturated rings. The van der Waals surface area contributed by atoms with Gasteiger partial charge >= 0.3 is 6.18 Å². The van der Waals surface area contributed by atoms with Crippen LogP contribution >= 0.6 is 0 Å². The van der Waals surface area contributed by atoms with Crippen LogP contribution in [0.15, 0.2) is 36.6 Å². The van der Waals surface area contributed by atoms with E-state index < -0.39 is 11.7 Å². The van der Waals surface area contributed by atoms with Crippen molar-refractivity contribution in [1.29, 1.82) is 0 Å². The minimum Gasteiger partial charge on any atom is -0.359 e. The number of hydrogen-bond donors (Lipinski definition) is 1. The van der Waals surface area contributed by atoms with Crippen LogP contribution in [0.25, 0.3) is 5.57 Å². The van der Waals surface area contributed by atoms with E-state index in [1.807, 2.05) is 0 Å². The number of aryl methyl sites for hydroxylation is 1. The molecule has 1 aromatic rings. The van der Waals surface area contributed by atoms with Gasteiger partial charge in [-0.15, -0.1) is 0 Å². The fourth-order valence-electron chi connectivity index (χ4n) is 1.84. The lowest BCUT2D eigenvalue weighted by atomic mass is 10.0. The number of anilines is 1. The average Bonchev–Trinajstić information content (AvgIpc) is 2.35. The molecule has 1 aliphatic rings. The van der Waals surface area contributed by atoms with Gasteiger partial charge in [0.05, 0.1) is 5.57 Å². The number of hydrogen-bond acceptors (Lipinski definition) is 1. The minimum absolute atomic E-state index is 0.183. The number of benzene rings is 1. The van der Waals surface area contributed by atoms with Crippen molar-refractivity contribution >= 4 is 11.3 Å². The molecule has 2 rings (SSSR count). The predicted molar refractivity (Wildman–Crippen MR) is 62.6 cm³/mol. The van der Waals surface area contributed by atoms with E-state index in [9.17, 15) is 13.2 Å². The van der Waals surface area contributed by atoms with Crippen LogP contribution in [-0.4, -0.2) is 6.18 Å². The van der Waals surface area contributed by atoms with Crippen LogP contribution in [0.1, 0.15) is 17.5 Å². The highest BCUT2D eigenvalue weighted by Crippen LogP contribution is 2.40. The van der Waals surface area contributed by atoms with Crippen LogP contribution < -0.4 is 5.32 Å². The second-order valence-electron chi connectivity index (χ2n) is 4.10. The summed E-state index contributed by atoms with van der Waals surface area (Å²) >= 11 is 0. The van der Waals surface area contributed by atoms with E-state index >= 15 is 0 Å². The zero-order valence-electron chi connectivity index (χ0n) is 9.36. The molecule has 0 saturated carbocycles. The monoisotopic (exact) mass is 239 g/mol. The summed E-state index contributed by atoms with van der Waals surface area (Å²) in [6, 6.07) is 4.97. The van der Waals surface area contributed by atoms with Gasteiger partial charge in [-0.3, -0.25) is 0 Å². The van der Waals surface area contributed by atoms with Gasteiger partial charge in [-0.05, 0) is 19.1 Å². The largest absolute Gasteiger partial charge is 0.416 e. The molecule has 0 spiro atoms. The van der Waals surface area contributed by atoms with E-state index in [0.29, 0.717) is 11.4 Å². The van der Waals surface area contributed by atoms with Crippen molar-refractivity contribution in [2.75, 3.05) is 5.32 Å². The number of nitrogens with one attached hydrogen (secondary N) is 1. The van der Waals surface area contributed by atoms with Crippen molar-refractivity contribution in [2.24, 2.45) is 0 Å². The lowest BCUT2D eigenvalue weighted by Gasteiger charge is -2.15. The first-order chi connectivity index (χ1) is 7.88. The zero-order chi connectivity index (χ0) is 12.6. The van der Waals surface area contributed by atoms with Crippen LogP contribution in [0, 0.1) is 6.92 Å². The third-order valence-corrected chi connectivity index (χ3v) is 2.63. The quantitative estimate of drug-likeness (QED) is 0.712. The molecule has 0 aliphatic carbocycles. The Labute approximate surface area is 97.6 Å². The molecular weight excluding hydrogens is 227 g/mol. The molecule has 0 unspecified atom stereocenters. The molecule has 90 valence electrons. The molecule has 0 atom stereocenters. The molecular formula is C13H12F3N. The first kappa shape index (κ1) is 11.8. The fraction of sp³-hybridized carbons (Fsp3) is 0.231. The Morgan fingerprint density at radius 1 is 1.29 bits per heavy atom. The van der Waals surface area contributed by atoms with E-state index in [1.54, 1.807) is 25.1 Å². The van der Waals surface area contributed by atoms with E-state index in [0.717, 1.165) is 5.56 Å². The summed E-state index contributed by atoms with van der Waals surface area (Å²) in [5.41, 5.74) is 1.42. The Morgan fingerprint density at radius 2 is 2.00 bits per heavy atom. The van der Waals surface area contributed by atoms with Crippen molar-refractivity contribution in [3.8, 4) is 0 Å². The highest BCUT2D eigenvalue weighted by Gasteiger charge is 2.36. The topological polar surface area (TPSA) is 12.0 Å². The SMILES string of the molecule is C=C1CC=C(C(F)(F)F)c2cc(C)ccc2N1. The van der Waals surface area contributed by atoms with Gasteiger partial charge in [-0.25, -0.2) is 0 Å². The van der Waals surface area contributed by atoms with Crippen LogP contribution in [-0.2, 0) is 0 Å². The van der Waals surface area contributed by atoms with Gasteiger partial charge in [-0.1, -0.05) is 24.3 Å². The average molecular weight is 239 g/mol. The maximum absolute atomic E-state index is 12.9. The van der Waals surface area contributed by atoms with Crippen LogP contribution in [0.2, 0.25) is 0 Å². The van der Waals surface area contributed by atoms with Gasteiger partial charge < -0.3 is 5.32 Å². The fourth-order valence-corrected chi connectivity index (χ4v) is 1.84. The normalized spacial score (nSPS) is 15.8. The highest BCUT2D eigenvalue weighted by molar-refractivity contribution is 5.81. The molecule has 0 amide bonds. The standard InChI is InChI=1S/C13H12F3N/c1-8-3-6-12-10(7-8)11(13(14,15)16)5-4-9(2)17-12/h3,5-7,17H,2,4H2,1H3. The third kappa shape index (κ3) is 2.35. The molecule has 1 heterocycles. The first-order valence-electron chi connectivity index (χ1n) is 5.21. The molecule has 0 saturated heterocycles. The Hall–Kier alpha value is -1.71. The van der Waals surface area contributed by atoms with Crippen molar-refractivity contribution < 1.29 is 13.2 Å². The number of allylic oxidation sites excluding steroid dienone is 2. The minimum atomic E-state index is -4.34. The summed E-state index contributed by atoms with van der Waals surface area (Å²) in [5.74, 6) is 0. The Bertz CT molecular complexity index is 498. The maximum Gasteiger partial charge on any atom is 0.416 e. The molecule has 4 heteroatoms. The molecule has 0 radical (unpaired) electrons. The third-order valence-electron chi connectivity index (χ3n) is 2.63. The zero-order valence-corrected chi connectivity index (χ0v) is 9.36. The lowest BCUT2D eigenvalue weighted by Crippen LogP contribution is -2.11. The summed E-state index contributed by atoms with van der Waals surface area (Å²) in [6.45, 7) is 5.46. The number of fused-ring (bicyclic) bond motifs is 1. The van der Waals surface area contributed by atoms with E-state index in [-0.39, 0.29) is 12.0 Å². The summed E-state index contributed by atoms with van der Waals surface area (Å²) in [4.78, 5) is 0. The van der Waals surface area contributed by atoms with Crippen LogP contribution in [0.4, 0.5) is 18.9 Å². The summed E-state index contributed by atoms with van der Waals surface area (Å²) in [5, 5.41) is 2.91. The number of rotatable bonds is 0. The lowest BCUT2D eigenvalue weighted by molar-refractivity contribution is -0.0689. The second-order valence-corrected chi connectivity index (χ2v) is 4.10. The molecule has 0 bridgehead atoms. The maximum atomic E-state index is 12.9. The van der Waals surface area contributed by atoms with Crippen LogP contribution in [0.5, 0.6) is 0 Å². The number of halogens is 3. The van der Waals surface area contributed by atoms with Gasteiger partial charge in [0, 0.05) is 23.4 Å². The molecule has 1 aliphatic heterocycles. The van der Waals surface area contributed by atoms with Gasteiger partial charge in [-0.2, -0.15) is 13.2 Å². The van der Waals surface area contributed by atoms with Crippen molar-refractivity contribution in [2.45, 2.75) is 19.5 Å². The van der Waals surface area contributed by atoms with Gasteiger partial charge in [0.2, 0.25) is 0 Å². The van der Waals surface area contributed by atoms with Gasteiger partial charge in [0.15, 0.2) is 0 Å². The molecule has 1 nitrogen and oxygen atoms in total. The van der Waals surface area contributed by atoms with Gasteiger partial charge in [0.1, 0.15) is 0 Å². The predicted octanol–water partition coefficient (Wildman–Crippen LogP) is 4.27. The molecule has 1 N–H and O–H groups in total. The number of alkyl halides is 3. The Balaban J connectivity index is 2.62. The Kier molecular flexibility index (Phi) is 2.73. The summed E-state index contributed by atoms with van der Waals surface area (Å²) in [6.07, 6.45) is -2.97. The summed E-state index contributed by atoms with van der Waals surface area (Å²) < 4.78 is 38.8. The van der Waals surface area contributed by atoms with Crippen molar-refractivity contribution in [1.82, 2.24) is 0 Å². The van der Waals surface area contributed by atoms with Crippen molar-refractivity contribution in [3.05, 3.63) is 47.7 Å². The molecule has 1 aromatic carbocycles. The second kappa shape index (κ2) is 3.95. The molecule has 17 heavy (non-hydrogen) atoms. The first-order valence-corrected chi connectivity index (χ1v) is 5.21. The van der Waals surface area contributed by atoms with Crippen LogP contribution in [0.3, 0.4) is 0 Å². The summed E-state index contributed by atoms with van der Waals surface area (Å²) in [7, 11) is 0. The Morgan fingerprint density at radius 3 is 2.65 bits per heavy atom. The van der Waals surface area contributed by atoms with Crippen molar-refractivity contribution in [3.63, 3.8) is 0 Å². The van der Waals surface area contributed by atoms with E-state index in [4.69, 9.17) is 0 Å². The molecule has 0 aromatic heterocycles. The highest BCUT2D eigenvalue weighted by atomic mass is 19.4. The van der Waals surface area contributed by atoms with E-state index in [2.05, 4.69) is 11.9 Å². The smallest absolute Gasteiger partial charge is 0.359 e. The van der Waals surface area contributed by atoms with Gasteiger partial charge in [0.25, 0.3) is 0 Å². The van der Waals surface area contributed by atoms with E-state index in [1.165, 1.54) is 6.08 Å².